The molecule has 15 heavy (non-hydrogen) atoms. The molecule has 2 atom stereocenters. The van der Waals surface area contributed by atoms with E-state index in [-0.39, 0.29) is 0 Å². The minimum absolute atomic E-state index is 0.547. The molecule has 0 spiro atoms. The maximum Gasteiger partial charge on any atom is 0.186 e. The van der Waals surface area contributed by atoms with E-state index in [0.717, 1.165) is 13.1 Å². The van der Waals surface area contributed by atoms with Crippen molar-refractivity contribution in [2.75, 3.05) is 18.0 Å². The fourth-order valence-corrected chi connectivity index (χ4v) is 2.89. The molecule has 0 aliphatic carbocycles. The van der Waals surface area contributed by atoms with Crippen LogP contribution in [0.4, 0.5) is 5.13 Å². The van der Waals surface area contributed by atoms with Gasteiger partial charge in [-0.2, -0.15) is 0 Å². The second-order valence-electron chi connectivity index (χ2n) is 4.45. The zero-order valence-corrected chi connectivity index (χ0v) is 10.7. The number of anilines is 1. The van der Waals surface area contributed by atoms with E-state index >= 15 is 0 Å². The number of hydrogen-bond donors (Lipinski definition) is 1. The standard InChI is InChI=1S/C11H19N3S/c1-7-6-14(8(2)5-12-7)11-13-9(3)10(4)15-11/h7-8,12H,5-6H2,1-4H3. The lowest BCUT2D eigenvalue weighted by Crippen LogP contribution is -2.54. The van der Waals surface area contributed by atoms with Crippen molar-refractivity contribution in [3.8, 4) is 0 Å². The Hall–Kier alpha value is -0.610. The Kier molecular flexibility index (Phi) is 2.98. The molecule has 1 fully saturated rings. The number of aromatic nitrogens is 1. The third-order valence-corrected chi connectivity index (χ3v) is 4.14. The molecule has 3 nitrogen and oxygen atoms in total. The van der Waals surface area contributed by atoms with E-state index in [2.05, 4.69) is 42.9 Å². The molecule has 84 valence electrons. The van der Waals surface area contributed by atoms with Crippen LogP contribution in [-0.2, 0) is 0 Å². The summed E-state index contributed by atoms with van der Waals surface area (Å²) in [6.45, 7) is 10.8. The second-order valence-corrected chi connectivity index (χ2v) is 5.63. The van der Waals surface area contributed by atoms with Crippen LogP contribution in [0.3, 0.4) is 0 Å². The first-order chi connectivity index (χ1) is 7.08. The van der Waals surface area contributed by atoms with Crippen molar-refractivity contribution >= 4 is 16.5 Å². The smallest absolute Gasteiger partial charge is 0.186 e. The molecule has 4 heteroatoms. The van der Waals surface area contributed by atoms with Gasteiger partial charge in [0.25, 0.3) is 0 Å². The van der Waals surface area contributed by atoms with Gasteiger partial charge in [-0.25, -0.2) is 4.98 Å². The molecule has 1 aliphatic heterocycles. The van der Waals surface area contributed by atoms with E-state index in [1.165, 1.54) is 15.7 Å². The molecule has 0 aromatic carbocycles. The summed E-state index contributed by atoms with van der Waals surface area (Å²) in [7, 11) is 0. The van der Waals surface area contributed by atoms with Gasteiger partial charge < -0.3 is 10.2 Å². The van der Waals surface area contributed by atoms with E-state index in [1.54, 1.807) is 0 Å². The van der Waals surface area contributed by atoms with Gasteiger partial charge in [-0.05, 0) is 27.7 Å². The number of thiazole rings is 1. The molecule has 0 saturated carbocycles. The summed E-state index contributed by atoms with van der Waals surface area (Å²) in [5.41, 5.74) is 1.17. The minimum Gasteiger partial charge on any atom is -0.343 e. The maximum absolute atomic E-state index is 4.64. The summed E-state index contributed by atoms with van der Waals surface area (Å²) >= 11 is 1.81. The summed E-state index contributed by atoms with van der Waals surface area (Å²) in [5, 5.41) is 4.67. The molecule has 1 aromatic heterocycles. The van der Waals surface area contributed by atoms with E-state index in [0.29, 0.717) is 12.1 Å². The Labute approximate surface area is 95.5 Å². The van der Waals surface area contributed by atoms with Crippen LogP contribution in [0.1, 0.15) is 24.4 Å². The zero-order chi connectivity index (χ0) is 11.0. The lowest BCUT2D eigenvalue weighted by molar-refractivity contribution is 0.424. The van der Waals surface area contributed by atoms with Crippen molar-refractivity contribution in [2.45, 2.75) is 39.8 Å². The first kappa shape index (κ1) is 10.9. The van der Waals surface area contributed by atoms with Crippen LogP contribution in [0.15, 0.2) is 0 Å². The Morgan fingerprint density at radius 1 is 1.40 bits per heavy atom. The second kappa shape index (κ2) is 4.10. The average molecular weight is 225 g/mol. The highest BCUT2D eigenvalue weighted by Gasteiger charge is 2.24. The van der Waals surface area contributed by atoms with Crippen molar-refractivity contribution in [1.82, 2.24) is 10.3 Å². The number of rotatable bonds is 1. The fraction of sp³-hybridized carbons (Fsp3) is 0.727. The summed E-state index contributed by atoms with van der Waals surface area (Å²) in [4.78, 5) is 8.39. The SMILES string of the molecule is Cc1nc(N2CC(C)NCC2C)sc1C. The van der Waals surface area contributed by atoms with Crippen molar-refractivity contribution in [1.29, 1.82) is 0 Å². The van der Waals surface area contributed by atoms with Gasteiger partial charge in [0.15, 0.2) is 5.13 Å². The van der Waals surface area contributed by atoms with Gasteiger partial charge in [-0.1, -0.05) is 0 Å². The van der Waals surface area contributed by atoms with Gasteiger partial charge in [-0.3, -0.25) is 0 Å². The van der Waals surface area contributed by atoms with Crippen LogP contribution >= 0.6 is 11.3 Å². The van der Waals surface area contributed by atoms with Crippen LogP contribution in [-0.4, -0.2) is 30.2 Å². The number of nitrogens with one attached hydrogen (secondary N) is 1. The first-order valence-electron chi connectivity index (χ1n) is 5.52. The molecule has 2 heterocycles. The van der Waals surface area contributed by atoms with E-state index in [9.17, 15) is 0 Å². The zero-order valence-electron chi connectivity index (χ0n) is 9.87. The quantitative estimate of drug-likeness (QED) is 0.792. The highest BCUT2D eigenvalue weighted by Crippen LogP contribution is 2.27. The number of hydrogen-bond acceptors (Lipinski definition) is 4. The molecule has 2 rings (SSSR count). The Morgan fingerprint density at radius 3 is 2.73 bits per heavy atom. The summed E-state index contributed by atoms with van der Waals surface area (Å²) in [5.74, 6) is 0. The Balaban J connectivity index is 2.21. The summed E-state index contributed by atoms with van der Waals surface area (Å²) < 4.78 is 0. The minimum atomic E-state index is 0.547. The fourth-order valence-electron chi connectivity index (χ4n) is 1.87. The van der Waals surface area contributed by atoms with Crippen LogP contribution in [0, 0.1) is 13.8 Å². The van der Waals surface area contributed by atoms with Crippen molar-refractivity contribution in [3.63, 3.8) is 0 Å². The molecule has 0 amide bonds. The predicted octanol–water partition coefficient (Wildman–Crippen LogP) is 1.95. The van der Waals surface area contributed by atoms with Crippen molar-refractivity contribution in [3.05, 3.63) is 10.6 Å². The number of aryl methyl sites for hydroxylation is 2. The largest absolute Gasteiger partial charge is 0.343 e. The first-order valence-corrected chi connectivity index (χ1v) is 6.33. The molecule has 1 aliphatic rings. The maximum atomic E-state index is 4.64. The highest BCUT2D eigenvalue weighted by atomic mass is 32.1. The van der Waals surface area contributed by atoms with Crippen molar-refractivity contribution < 1.29 is 0 Å². The van der Waals surface area contributed by atoms with Crippen LogP contribution in [0.5, 0.6) is 0 Å². The average Bonchev–Trinajstić information content (AvgIpc) is 2.51. The molecule has 1 aromatic rings. The summed E-state index contributed by atoms with van der Waals surface area (Å²) in [6, 6.07) is 1.11. The van der Waals surface area contributed by atoms with Gasteiger partial charge >= 0.3 is 0 Å². The van der Waals surface area contributed by atoms with Gasteiger partial charge in [0, 0.05) is 30.1 Å². The molecule has 0 radical (unpaired) electrons. The van der Waals surface area contributed by atoms with Crippen LogP contribution in [0.25, 0.3) is 0 Å². The molecule has 1 N–H and O–H groups in total. The van der Waals surface area contributed by atoms with Gasteiger partial charge in [0.05, 0.1) is 5.69 Å². The number of piperazine rings is 1. The molecular formula is C11H19N3S. The van der Waals surface area contributed by atoms with E-state index < -0.39 is 0 Å². The van der Waals surface area contributed by atoms with Crippen molar-refractivity contribution in [2.24, 2.45) is 0 Å². The third-order valence-electron chi connectivity index (χ3n) is 3.03. The number of nitrogens with zero attached hydrogens (tertiary/aromatic N) is 2. The van der Waals surface area contributed by atoms with E-state index in [1.807, 2.05) is 11.3 Å². The molecule has 2 unspecified atom stereocenters. The predicted molar refractivity (Wildman–Crippen MR) is 65.9 cm³/mol. The Morgan fingerprint density at radius 2 is 2.13 bits per heavy atom. The highest BCUT2D eigenvalue weighted by molar-refractivity contribution is 7.15. The monoisotopic (exact) mass is 225 g/mol. The summed E-state index contributed by atoms with van der Waals surface area (Å²) in [6.07, 6.45) is 0. The van der Waals surface area contributed by atoms with Gasteiger partial charge in [0.1, 0.15) is 0 Å². The molecule has 1 saturated heterocycles. The van der Waals surface area contributed by atoms with Gasteiger partial charge in [0.2, 0.25) is 0 Å². The lowest BCUT2D eigenvalue weighted by atomic mass is 10.1. The Bertz CT molecular complexity index is 328. The molecular weight excluding hydrogens is 206 g/mol. The normalized spacial score (nSPS) is 27.1. The third kappa shape index (κ3) is 2.16. The van der Waals surface area contributed by atoms with E-state index in [4.69, 9.17) is 0 Å². The lowest BCUT2D eigenvalue weighted by Gasteiger charge is -2.37. The van der Waals surface area contributed by atoms with Crippen LogP contribution in [0.2, 0.25) is 0 Å². The van der Waals surface area contributed by atoms with Gasteiger partial charge in [-0.15, -0.1) is 11.3 Å². The molecule has 0 bridgehead atoms. The van der Waals surface area contributed by atoms with Crippen LogP contribution < -0.4 is 10.2 Å². The topological polar surface area (TPSA) is 28.2 Å².